The van der Waals surface area contributed by atoms with Gasteiger partial charge >= 0.3 is 6.03 Å². The van der Waals surface area contributed by atoms with Crippen molar-refractivity contribution < 1.29 is 14.3 Å². The van der Waals surface area contributed by atoms with Gasteiger partial charge in [0.1, 0.15) is 5.75 Å². The molecule has 0 aliphatic carbocycles. The van der Waals surface area contributed by atoms with E-state index in [0.29, 0.717) is 18.0 Å². The number of carbonyl (C=O) groups excluding carboxylic acids is 1. The molecule has 0 unspecified atom stereocenters. The molecule has 0 aromatic heterocycles. The second kappa shape index (κ2) is 24.5. The summed E-state index contributed by atoms with van der Waals surface area (Å²) in [5.41, 5.74) is 4.52. The number of fused-ring (bicyclic) bond motifs is 2. The van der Waals surface area contributed by atoms with Crippen molar-refractivity contribution in [3.8, 4) is 17.2 Å². The molecule has 3 aromatic rings. The van der Waals surface area contributed by atoms with E-state index in [9.17, 15) is 4.79 Å². The maximum atomic E-state index is 12.6. The van der Waals surface area contributed by atoms with Crippen molar-refractivity contribution in [2.24, 2.45) is 0 Å². The van der Waals surface area contributed by atoms with E-state index in [2.05, 4.69) is 79.3 Å². The van der Waals surface area contributed by atoms with Gasteiger partial charge in [0.2, 0.25) is 0 Å². The van der Waals surface area contributed by atoms with Crippen LogP contribution in [0.2, 0.25) is 0 Å². The zero-order chi connectivity index (χ0) is 39.3. The molecule has 1 aliphatic heterocycles. The molecule has 0 bridgehead atoms. The van der Waals surface area contributed by atoms with Gasteiger partial charge < -0.3 is 29.9 Å². The van der Waals surface area contributed by atoms with Crippen LogP contribution in [-0.2, 0) is 0 Å². The van der Waals surface area contributed by atoms with Gasteiger partial charge in [-0.25, -0.2) is 4.79 Å². The lowest BCUT2D eigenvalue weighted by Gasteiger charge is -2.34. The Hall–Kier alpha value is -3.98. The summed E-state index contributed by atoms with van der Waals surface area (Å²) in [6.45, 7) is 15.2. The van der Waals surface area contributed by atoms with Gasteiger partial charge in [-0.3, -0.25) is 4.90 Å². The molecular formula is C46H69N5O3S. The van der Waals surface area contributed by atoms with Crippen LogP contribution in [-0.4, -0.2) is 43.9 Å². The molecule has 55 heavy (non-hydrogen) atoms. The molecule has 0 atom stereocenters. The average Bonchev–Trinajstić information content (AvgIpc) is 3.19. The molecule has 0 radical (unpaired) electrons. The minimum absolute atomic E-state index is 0.195. The molecule has 302 valence electrons. The van der Waals surface area contributed by atoms with Crippen LogP contribution in [0.25, 0.3) is 0 Å². The van der Waals surface area contributed by atoms with Crippen LogP contribution in [0.4, 0.5) is 33.2 Å². The monoisotopic (exact) mass is 772 g/mol. The van der Waals surface area contributed by atoms with Gasteiger partial charge in [0.05, 0.1) is 11.4 Å². The van der Waals surface area contributed by atoms with E-state index in [-0.39, 0.29) is 11.2 Å². The largest absolute Gasteiger partial charge is 0.453 e. The maximum absolute atomic E-state index is 12.6. The fourth-order valence-electron chi connectivity index (χ4n) is 7.36. The smallest absolute Gasteiger partial charge is 0.319 e. The minimum Gasteiger partial charge on any atom is -0.453 e. The Kier molecular flexibility index (Phi) is 19.5. The number of hydrogen-bond donors (Lipinski definition) is 2. The van der Waals surface area contributed by atoms with Gasteiger partial charge in [0, 0.05) is 61.9 Å². The first-order valence-electron chi connectivity index (χ1n) is 21.5. The summed E-state index contributed by atoms with van der Waals surface area (Å²) in [5, 5.41) is 6.23. The van der Waals surface area contributed by atoms with Gasteiger partial charge in [-0.2, -0.15) is 0 Å². The molecule has 3 aromatic carbocycles. The van der Waals surface area contributed by atoms with E-state index in [0.717, 1.165) is 73.3 Å². The van der Waals surface area contributed by atoms with Crippen molar-refractivity contribution in [2.75, 3.05) is 52.7 Å². The number of urea groups is 1. The van der Waals surface area contributed by atoms with Crippen molar-refractivity contribution in [1.29, 1.82) is 0 Å². The highest BCUT2D eigenvalue weighted by Gasteiger charge is 2.30. The normalized spacial score (nSPS) is 11.7. The summed E-state index contributed by atoms with van der Waals surface area (Å²) in [5.74, 6) is 2.03. The van der Waals surface area contributed by atoms with Gasteiger partial charge in [-0.05, 0) is 94.9 Å². The third kappa shape index (κ3) is 13.9. The molecule has 0 fully saturated rings. The number of ether oxygens (including phenoxy) is 2. The van der Waals surface area contributed by atoms with E-state index in [4.69, 9.17) is 21.7 Å². The SMILES string of the molecule is CCCCCCCCCCCCCCCCCCNC(=O)Nc1ccc(OC(=S)N2c3ccc(N(CC)CC)cc3Oc3cc(N(CC)CC)ccc32)cc1. The first kappa shape index (κ1) is 43.7. The summed E-state index contributed by atoms with van der Waals surface area (Å²) in [7, 11) is 0. The van der Waals surface area contributed by atoms with Crippen molar-refractivity contribution in [3.05, 3.63) is 60.7 Å². The standard InChI is InChI=1S/C46H69N5O3S/c1-6-11-12-13-14-15-16-17-18-19-20-21-22-23-24-25-34-47-45(52)48-37-26-30-40(31-27-37)53-46(55)51-41-32-28-38(49(7-2)8-3)35-43(41)54-44-36-39(29-33-42(44)51)50(9-4)10-5/h26-33,35-36H,6-25,34H2,1-5H3,(H2,47,48,52). The number of rotatable bonds is 25. The zero-order valence-corrected chi connectivity index (χ0v) is 35.4. The lowest BCUT2D eigenvalue weighted by molar-refractivity contribution is 0.252. The number of nitrogens with zero attached hydrogens (tertiary/aromatic N) is 3. The Balaban J connectivity index is 1.20. The fourth-order valence-corrected chi connectivity index (χ4v) is 7.65. The van der Waals surface area contributed by atoms with Crippen LogP contribution in [0.15, 0.2) is 60.7 Å². The molecule has 0 spiro atoms. The zero-order valence-electron chi connectivity index (χ0n) is 34.6. The van der Waals surface area contributed by atoms with Crippen molar-refractivity contribution in [2.45, 2.75) is 137 Å². The number of unbranched alkanes of at least 4 members (excludes halogenated alkanes) is 15. The van der Waals surface area contributed by atoms with Gasteiger partial charge in [-0.15, -0.1) is 0 Å². The predicted octanol–water partition coefficient (Wildman–Crippen LogP) is 13.4. The van der Waals surface area contributed by atoms with Crippen LogP contribution >= 0.6 is 12.2 Å². The third-order valence-corrected chi connectivity index (χ3v) is 10.9. The highest BCUT2D eigenvalue weighted by molar-refractivity contribution is 7.80. The van der Waals surface area contributed by atoms with E-state index in [1.165, 1.54) is 89.9 Å². The maximum Gasteiger partial charge on any atom is 0.319 e. The molecule has 0 saturated heterocycles. The Labute approximate surface area is 338 Å². The van der Waals surface area contributed by atoms with Crippen LogP contribution in [0.1, 0.15) is 137 Å². The molecule has 1 aliphatic rings. The molecule has 4 rings (SSSR count). The number of nitrogens with one attached hydrogen (secondary N) is 2. The number of carbonyl (C=O) groups is 1. The number of anilines is 5. The Morgan fingerprint density at radius 2 is 1.05 bits per heavy atom. The van der Waals surface area contributed by atoms with Crippen molar-refractivity contribution in [1.82, 2.24) is 5.32 Å². The predicted molar refractivity (Wildman–Crippen MR) is 238 cm³/mol. The van der Waals surface area contributed by atoms with Crippen LogP contribution in [0.3, 0.4) is 0 Å². The number of benzene rings is 3. The van der Waals surface area contributed by atoms with Crippen molar-refractivity contribution >= 4 is 51.9 Å². The van der Waals surface area contributed by atoms with Gasteiger partial charge in [0.25, 0.3) is 5.17 Å². The summed E-state index contributed by atoms with van der Waals surface area (Å²) >= 11 is 5.95. The van der Waals surface area contributed by atoms with Crippen molar-refractivity contribution in [3.63, 3.8) is 0 Å². The van der Waals surface area contributed by atoms with Crippen LogP contribution in [0, 0.1) is 0 Å². The Morgan fingerprint density at radius 3 is 1.49 bits per heavy atom. The molecule has 2 amide bonds. The second-order valence-electron chi connectivity index (χ2n) is 14.7. The summed E-state index contributed by atoms with van der Waals surface area (Å²) in [6, 6.07) is 19.6. The summed E-state index contributed by atoms with van der Waals surface area (Å²) in [4.78, 5) is 19.1. The average molecular weight is 772 g/mol. The number of thiocarbonyl (C=S) groups is 1. The van der Waals surface area contributed by atoms with Crippen LogP contribution in [0.5, 0.6) is 17.2 Å². The molecule has 0 saturated carbocycles. The first-order valence-corrected chi connectivity index (χ1v) is 22.0. The lowest BCUT2D eigenvalue weighted by Crippen LogP contribution is -2.32. The molecule has 2 N–H and O–H groups in total. The van der Waals surface area contributed by atoms with E-state index in [1.807, 2.05) is 41.3 Å². The molecule has 1 heterocycles. The number of amides is 2. The quantitative estimate of drug-likeness (QED) is 0.0656. The molecule has 8 nitrogen and oxygen atoms in total. The topological polar surface area (TPSA) is 69.3 Å². The Bertz CT molecular complexity index is 1510. The second-order valence-corrected chi connectivity index (χ2v) is 15.0. The summed E-state index contributed by atoms with van der Waals surface area (Å²) < 4.78 is 12.8. The Morgan fingerprint density at radius 1 is 0.618 bits per heavy atom. The first-order chi connectivity index (χ1) is 26.9. The lowest BCUT2D eigenvalue weighted by atomic mass is 10.0. The molecule has 9 heteroatoms. The highest BCUT2D eigenvalue weighted by atomic mass is 32.1. The fraction of sp³-hybridized carbons (Fsp3) is 0.565. The molecular weight excluding hydrogens is 703 g/mol. The number of hydrogen-bond acceptors (Lipinski definition) is 6. The summed E-state index contributed by atoms with van der Waals surface area (Å²) in [6.07, 6.45) is 21.4. The minimum atomic E-state index is -0.195. The van der Waals surface area contributed by atoms with Gasteiger partial charge in [0.15, 0.2) is 11.5 Å². The van der Waals surface area contributed by atoms with Gasteiger partial charge in [-0.1, -0.05) is 103 Å². The van der Waals surface area contributed by atoms with E-state index >= 15 is 0 Å². The third-order valence-electron chi connectivity index (χ3n) is 10.7. The van der Waals surface area contributed by atoms with E-state index in [1.54, 1.807) is 0 Å². The van der Waals surface area contributed by atoms with E-state index < -0.39 is 0 Å². The van der Waals surface area contributed by atoms with Crippen LogP contribution < -0.4 is 34.8 Å². The highest BCUT2D eigenvalue weighted by Crippen LogP contribution is 2.49.